The number of hydrogen-bond acceptors (Lipinski definition) is 4. The van der Waals surface area contributed by atoms with Gasteiger partial charge in [0.25, 0.3) is 5.69 Å². The minimum atomic E-state index is -0.357. The molecule has 1 atom stereocenters. The van der Waals surface area contributed by atoms with E-state index >= 15 is 0 Å². The van der Waals surface area contributed by atoms with Crippen molar-refractivity contribution in [2.45, 2.75) is 38.6 Å². The number of hydrogen-bond donors (Lipinski definition) is 1. The van der Waals surface area contributed by atoms with Gasteiger partial charge in [-0.2, -0.15) is 0 Å². The van der Waals surface area contributed by atoms with Crippen LogP contribution < -0.4 is 4.90 Å². The first kappa shape index (κ1) is 13.8. The fourth-order valence-electron chi connectivity index (χ4n) is 2.86. The van der Waals surface area contributed by atoms with Crippen molar-refractivity contribution in [3.8, 4) is 0 Å². The number of benzene rings is 1. The van der Waals surface area contributed by atoms with Crippen molar-refractivity contribution in [3.63, 3.8) is 0 Å². The first-order valence-electron chi connectivity index (χ1n) is 6.76. The number of nitrogens with zero attached hydrogens (tertiary/aromatic N) is 2. The topological polar surface area (TPSA) is 66.6 Å². The number of aryl methyl sites for hydroxylation is 1. The van der Waals surface area contributed by atoms with Gasteiger partial charge >= 0.3 is 0 Å². The minimum absolute atomic E-state index is 0.146. The Morgan fingerprint density at radius 1 is 1.53 bits per heavy atom. The zero-order chi connectivity index (χ0) is 13.8. The van der Waals surface area contributed by atoms with Crippen LogP contribution in [0, 0.1) is 17.0 Å². The third-order valence-electron chi connectivity index (χ3n) is 3.77. The third kappa shape index (κ3) is 3.04. The molecule has 1 aliphatic rings. The molecule has 0 aromatic heterocycles. The molecule has 0 saturated carbocycles. The summed E-state index contributed by atoms with van der Waals surface area (Å²) in [6.45, 7) is 3.14. The highest BCUT2D eigenvalue weighted by Gasteiger charge is 2.25. The summed E-state index contributed by atoms with van der Waals surface area (Å²) in [5.74, 6) is 0. The smallest absolute Gasteiger partial charge is 0.269 e. The number of aliphatic hydroxyl groups is 1. The average Bonchev–Trinajstić information content (AvgIpc) is 2.84. The van der Waals surface area contributed by atoms with E-state index in [1.807, 2.05) is 13.0 Å². The third-order valence-corrected chi connectivity index (χ3v) is 3.77. The van der Waals surface area contributed by atoms with Gasteiger partial charge in [-0.3, -0.25) is 10.1 Å². The maximum absolute atomic E-state index is 10.8. The van der Waals surface area contributed by atoms with Crippen molar-refractivity contribution in [3.05, 3.63) is 33.9 Å². The van der Waals surface area contributed by atoms with E-state index in [0.29, 0.717) is 6.04 Å². The quantitative estimate of drug-likeness (QED) is 0.656. The zero-order valence-corrected chi connectivity index (χ0v) is 11.2. The predicted octanol–water partition coefficient (Wildman–Crippen LogP) is 2.64. The van der Waals surface area contributed by atoms with Crippen molar-refractivity contribution >= 4 is 11.4 Å². The minimum Gasteiger partial charge on any atom is -0.396 e. The molecule has 1 N–H and O–H groups in total. The summed E-state index contributed by atoms with van der Waals surface area (Å²) in [4.78, 5) is 12.7. The fraction of sp³-hybridized carbons (Fsp3) is 0.571. The van der Waals surface area contributed by atoms with Crippen LogP contribution in [0.3, 0.4) is 0 Å². The van der Waals surface area contributed by atoms with Crippen molar-refractivity contribution < 1.29 is 10.0 Å². The van der Waals surface area contributed by atoms with E-state index in [4.69, 9.17) is 5.11 Å². The van der Waals surface area contributed by atoms with Crippen molar-refractivity contribution in [2.75, 3.05) is 18.1 Å². The van der Waals surface area contributed by atoms with Gasteiger partial charge in [-0.1, -0.05) is 0 Å². The largest absolute Gasteiger partial charge is 0.396 e. The molecule has 1 saturated heterocycles. The van der Waals surface area contributed by atoms with E-state index in [0.717, 1.165) is 43.5 Å². The van der Waals surface area contributed by atoms with E-state index in [9.17, 15) is 10.1 Å². The lowest BCUT2D eigenvalue weighted by atomic mass is 10.1. The van der Waals surface area contributed by atoms with Gasteiger partial charge in [-0.05, 0) is 44.2 Å². The molecule has 5 heteroatoms. The molecule has 19 heavy (non-hydrogen) atoms. The molecule has 0 bridgehead atoms. The second kappa shape index (κ2) is 6.02. The van der Waals surface area contributed by atoms with Gasteiger partial charge in [0.05, 0.1) is 4.92 Å². The number of rotatable bonds is 5. The molecule has 0 aliphatic carbocycles. The molecule has 1 unspecified atom stereocenters. The molecule has 1 heterocycles. The summed E-state index contributed by atoms with van der Waals surface area (Å²) in [5, 5.41) is 19.7. The molecule has 1 aromatic carbocycles. The van der Waals surface area contributed by atoms with E-state index in [-0.39, 0.29) is 17.2 Å². The van der Waals surface area contributed by atoms with Crippen molar-refractivity contribution in [1.82, 2.24) is 0 Å². The lowest BCUT2D eigenvalue weighted by Gasteiger charge is -2.28. The molecule has 1 aliphatic heterocycles. The molecule has 0 radical (unpaired) electrons. The highest BCUT2D eigenvalue weighted by atomic mass is 16.6. The molecule has 1 fully saturated rings. The molecule has 1 aromatic rings. The van der Waals surface area contributed by atoms with Gasteiger partial charge in [0.15, 0.2) is 0 Å². The second-order valence-electron chi connectivity index (χ2n) is 5.08. The van der Waals surface area contributed by atoms with Crippen LogP contribution in [-0.2, 0) is 0 Å². The van der Waals surface area contributed by atoms with Crippen LogP contribution in [0.5, 0.6) is 0 Å². The maximum atomic E-state index is 10.8. The summed E-state index contributed by atoms with van der Waals surface area (Å²) < 4.78 is 0. The van der Waals surface area contributed by atoms with Gasteiger partial charge in [0, 0.05) is 37.0 Å². The molecule has 5 nitrogen and oxygen atoms in total. The van der Waals surface area contributed by atoms with Crippen LogP contribution in [0.2, 0.25) is 0 Å². The van der Waals surface area contributed by atoms with Crippen LogP contribution in [0.4, 0.5) is 11.4 Å². The Bertz CT molecular complexity index is 462. The van der Waals surface area contributed by atoms with Crippen LogP contribution in [0.25, 0.3) is 0 Å². The number of nitro groups is 1. The zero-order valence-electron chi connectivity index (χ0n) is 11.2. The van der Waals surface area contributed by atoms with E-state index in [1.54, 1.807) is 12.1 Å². The summed E-state index contributed by atoms with van der Waals surface area (Å²) in [6.07, 6.45) is 4.07. The monoisotopic (exact) mass is 264 g/mol. The van der Waals surface area contributed by atoms with Crippen molar-refractivity contribution in [1.29, 1.82) is 0 Å². The first-order chi connectivity index (χ1) is 9.13. The summed E-state index contributed by atoms with van der Waals surface area (Å²) >= 11 is 0. The van der Waals surface area contributed by atoms with Gasteiger partial charge in [-0.15, -0.1) is 0 Å². The summed E-state index contributed by atoms with van der Waals surface area (Å²) in [5.41, 5.74) is 2.18. The fourth-order valence-corrected chi connectivity index (χ4v) is 2.86. The maximum Gasteiger partial charge on any atom is 0.269 e. The number of aliphatic hydroxyl groups excluding tert-OH is 1. The number of nitro benzene ring substituents is 1. The molecule has 0 amide bonds. The Kier molecular flexibility index (Phi) is 4.37. The molecule has 104 valence electrons. The van der Waals surface area contributed by atoms with Gasteiger partial charge < -0.3 is 10.0 Å². The van der Waals surface area contributed by atoms with Crippen molar-refractivity contribution in [2.24, 2.45) is 0 Å². The Balaban J connectivity index is 2.18. The van der Waals surface area contributed by atoms with E-state index < -0.39 is 0 Å². The lowest BCUT2D eigenvalue weighted by molar-refractivity contribution is -0.384. The first-order valence-corrected chi connectivity index (χ1v) is 6.76. The predicted molar refractivity (Wildman–Crippen MR) is 74.5 cm³/mol. The van der Waals surface area contributed by atoms with Crippen LogP contribution >= 0.6 is 0 Å². The van der Waals surface area contributed by atoms with E-state index in [2.05, 4.69) is 4.90 Å². The average molecular weight is 264 g/mol. The van der Waals surface area contributed by atoms with Gasteiger partial charge in [0.2, 0.25) is 0 Å². The van der Waals surface area contributed by atoms with Gasteiger partial charge in [-0.25, -0.2) is 0 Å². The molecule has 0 spiro atoms. The SMILES string of the molecule is Cc1cc([N+](=O)[O-])ccc1N1CCCC1CCCO. The Morgan fingerprint density at radius 2 is 2.32 bits per heavy atom. The standard InChI is InChI=1S/C14H20N2O3/c1-11-10-13(16(18)19)6-7-14(11)15-8-2-4-12(15)5-3-9-17/h6-7,10,12,17H,2-5,8-9H2,1H3. The molecular weight excluding hydrogens is 244 g/mol. The highest BCUT2D eigenvalue weighted by Crippen LogP contribution is 2.32. The van der Waals surface area contributed by atoms with Crippen LogP contribution in [-0.4, -0.2) is 29.2 Å². The molecule has 2 rings (SSSR count). The Morgan fingerprint density at radius 3 is 2.95 bits per heavy atom. The van der Waals surface area contributed by atoms with E-state index in [1.165, 1.54) is 0 Å². The lowest BCUT2D eigenvalue weighted by Crippen LogP contribution is -2.29. The van der Waals surface area contributed by atoms with Gasteiger partial charge in [0.1, 0.15) is 0 Å². The normalized spacial score (nSPS) is 18.8. The van der Waals surface area contributed by atoms with Crippen LogP contribution in [0.15, 0.2) is 18.2 Å². The Hall–Kier alpha value is -1.62. The second-order valence-corrected chi connectivity index (χ2v) is 5.08. The summed E-state index contributed by atoms with van der Waals surface area (Å²) in [6, 6.07) is 5.51. The number of non-ortho nitro benzene ring substituents is 1. The molecular formula is C14H20N2O3. The Labute approximate surface area is 113 Å². The summed E-state index contributed by atoms with van der Waals surface area (Å²) in [7, 11) is 0. The number of anilines is 1. The van der Waals surface area contributed by atoms with Crippen LogP contribution in [0.1, 0.15) is 31.2 Å². The highest BCUT2D eigenvalue weighted by molar-refractivity contribution is 5.58.